The second-order valence-electron chi connectivity index (χ2n) is 11.7. The van der Waals surface area contributed by atoms with Gasteiger partial charge in [0.25, 0.3) is 0 Å². The molecule has 0 spiro atoms. The van der Waals surface area contributed by atoms with E-state index in [-0.39, 0.29) is 10.8 Å². The molecule has 3 aromatic rings. The summed E-state index contributed by atoms with van der Waals surface area (Å²) in [5.41, 5.74) is 10.3. The molecule has 2 heterocycles. The zero-order valence-corrected chi connectivity index (χ0v) is 25.2. The number of hydrogen-bond acceptors (Lipinski definition) is 2. The quantitative estimate of drug-likeness (QED) is 0.224. The summed E-state index contributed by atoms with van der Waals surface area (Å²) < 4.78 is 0. The van der Waals surface area contributed by atoms with E-state index in [1.165, 1.54) is 86.8 Å². The van der Waals surface area contributed by atoms with Crippen LogP contribution in [0.5, 0.6) is 0 Å². The van der Waals surface area contributed by atoms with Crippen LogP contribution in [0.15, 0.2) is 24.3 Å². The molecule has 0 atom stereocenters. The van der Waals surface area contributed by atoms with Crippen LogP contribution in [0.4, 0.5) is 0 Å². The van der Waals surface area contributed by atoms with Crippen molar-refractivity contribution in [1.82, 2.24) is 0 Å². The second kappa shape index (κ2) is 10.4. The molecule has 0 radical (unpaired) electrons. The van der Waals surface area contributed by atoms with Gasteiger partial charge in [0, 0.05) is 30.3 Å². The Labute approximate surface area is 228 Å². The molecule has 0 aliphatic heterocycles. The van der Waals surface area contributed by atoms with Crippen LogP contribution in [-0.4, -0.2) is 0 Å². The molecular weight excluding hydrogens is 473 g/mol. The van der Waals surface area contributed by atoms with Crippen molar-refractivity contribution in [3.05, 3.63) is 56.3 Å². The summed E-state index contributed by atoms with van der Waals surface area (Å²) in [6.07, 6.45) is 15.5. The average molecular weight is 519 g/mol. The van der Waals surface area contributed by atoms with Crippen LogP contribution in [-0.2, 0) is 10.8 Å². The van der Waals surface area contributed by atoms with Gasteiger partial charge >= 0.3 is 0 Å². The first kappa shape index (κ1) is 26.2. The summed E-state index contributed by atoms with van der Waals surface area (Å²) in [7, 11) is 0. The van der Waals surface area contributed by atoms with Crippen LogP contribution in [0.2, 0.25) is 0 Å². The van der Waals surface area contributed by atoms with E-state index in [4.69, 9.17) is 0 Å². The molecule has 0 N–H and O–H groups in total. The Bertz CT molecular complexity index is 1110. The highest BCUT2D eigenvalue weighted by molar-refractivity contribution is 7.16. The predicted molar refractivity (Wildman–Crippen MR) is 162 cm³/mol. The van der Waals surface area contributed by atoms with Crippen molar-refractivity contribution in [3.63, 3.8) is 0 Å². The van der Waals surface area contributed by atoms with Crippen LogP contribution in [0.3, 0.4) is 0 Å². The van der Waals surface area contributed by atoms with Gasteiger partial charge < -0.3 is 0 Å². The molecule has 1 aromatic carbocycles. The Morgan fingerprint density at radius 1 is 0.500 bits per heavy atom. The van der Waals surface area contributed by atoms with Gasteiger partial charge in [-0.25, -0.2) is 0 Å². The summed E-state index contributed by atoms with van der Waals surface area (Å²) in [4.78, 5) is 6.18. The van der Waals surface area contributed by atoms with Gasteiger partial charge in [-0.05, 0) is 97.2 Å². The first-order valence-electron chi connectivity index (χ1n) is 14.9. The highest BCUT2D eigenvalue weighted by Gasteiger charge is 2.48. The van der Waals surface area contributed by atoms with Crippen LogP contribution in [0, 0.1) is 13.8 Å². The molecule has 0 saturated heterocycles. The van der Waals surface area contributed by atoms with E-state index in [0.29, 0.717) is 0 Å². The Kier molecular flexibility index (Phi) is 7.59. The molecule has 0 amide bonds. The maximum absolute atomic E-state index is 2.73. The van der Waals surface area contributed by atoms with E-state index in [1.807, 2.05) is 0 Å². The Morgan fingerprint density at radius 2 is 0.833 bits per heavy atom. The molecule has 2 aliphatic rings. The SMILES string of the molecule is CCCCC1(CCCC)c2cc3c(cc2-c2sc(C)cc21)C(CCCC)(CCCC)c1cc(C)sc1-3. The molecule has 0 nitrogen and oxygen atoms in total. The van der Waals surface area contributed by atoms with Crippen LogP contribution in [0.1, 0.15) is 137 Å². The van der Waals surface area contributed by atoms with Gasteiger partial charge in [-0.1, -0.05) is 79.1 Å². The average Bonchev–Trinajstić information content (AvgIpc) is 3.57. The van der Waals surface area contributed by atoms with Crippen molar-refractivity contribution in [1.29, 1.82) is 0 Å². The Morgan fingerprint density at radius 3 is 1.14 bits per heavy atom. The molecule has 0 bridgehead atoms. The standard InChI is InChI=1S/C34H46S2/c1-7-11-15-33(16-12-8-2)27-21-26-28(22-25(27)31-29(33)19-23(5)35-31)34(17-13-9-3,18-14-10-4)30-20-24(6)36-32(26)30/h19-22H,7-18H2,1-6H3. The van der Waals surface area contributed by atoms with Crippen LogP contribution >= 0.6 is 22.7 Å². The number of rotatable bonds is 12. The molecule has 2 aliphatic carbocycles. The highest BCUT2D eigenvalue weighted by Crippen LogP contribution is 2.63. The fourth-order valence-electron chi connectivity index (χ4n) is 7.44. The highest BCUT2D eigenvalue weighted by atomic mass is 32.1. The zero-order chi connectivity index (χ0) is 25.5. The van der Waals surface area contributed by atoms with Gasteiger partial charge in [-0.15, -0.1) is 22.7 Å². The normalized spacial score (nSPS) is 16.2. The van der Waals surface area contributed by atoms with E-state index in [9.17, 15) is 0 Å². The number of aryl methyl sites for hydroxylation is 2. The lowest BCUT2D eigenvalue weighted by atomic mass is 9.69. The fraction of sp³-hybridized carbons (Fsp3) is 0.588. The first-order valence-corrected chi connectivity index (χ1v) is 16.5. The van der Waals surface area contributed by atoms with Crippen molar-refractivity contribution in [2.24, 2.45) is 0 Å². The monoisotopic (exact) mass is 518 g/mol. The smallest absolute Gasteiger partial charge is 0.0389 e. The molecule has 0 saturated carbocycles. The molecule has 36 heavy (non-hydrogen) atoms. The lowest BCUT2D eigenvalue weighted by molar-refractivity contribution is 0.411. The van der Waals surface area contributed by atoms with E-state index in [0.717, 1.165) is 0 Å². The molecule has 194 valence electrons. The van der Waals surface area contributed by atoms with Crippen molar-refractivity contribution in [3.8, 4) is 20.9 Å². The van der Waals surface area contributed by atoms with Gasteiger partial charge in [0.05, 0.1) is 0 Å². The summed E-state index contributed by atoms with van der Waals surface area (Å²) in [6.45, 7) is 14.1. The molecule has 2 aromatic heterocycles. The van der Waals surface area contributed by atoms with E-state index >= 15 is 0 Å². The van der Waals surface area contributed by atoms with Gasteiger partial charge in [0.2, 0.25) is 0 Å². The molecular formula is C34H46S2. The van der Waals surface area contributed by atoms with Gasteiger partial charge in [0.15, 0.2) is 0 Å². The first-order chi connectivity index (χ1) is 17.5. The third-order valence-electron chi connectivity index (χ3n) is 9.25. The van der Waals surface area contributed by atoms with Crippen molar-refractivity contribution in [2.45, 2.75) is 129 Å². The fourth-order valence-corrected chi connectivity index (χ4v) is 9.72. The zero-order valence-electron chi connectivity index (χ0n) is 23.6. The van der Waals surface area contributed by atoms with Crippen LogP contribution < -0.4 is 0 Å². The molecule has 0 fully saturated rings. The Hall–Kier alpha value is -1.38. The summed E-state index contributed by atoms with van der Waals surface area (Å²) in [6, 6.07) is 10.6. The number of thiophene rings is 2. The molecule has 0 unspecified atom stereocenters. The number of hydrogen-bond donors (Lipinski definition) is 0. The lowest BCUT2D eigenvalue weighted by Gasteiger charge is -2.34. The minimum atomic E-state index is 0.209. The van der Waals surface area contributed by atoms with Gasteiger partial charge in [0.1, 0.15) is 0 Å². The predicted octanol–water partition coefficient (Wildman–Crippen LogP) is 11.7. The second-order valence-corrected chi connectivity index (χ2v) is 14.2. The summed E-state index contributed by atoms with van der Waals surface area (Å²) in [5.74, 6) is 0. The number of unbranched alkanes of at least 4 members (excludes halogenated alkanes) is 4. The number of fused-ring (bicyclic) bond motifs is 6. The molecule has 5 rings (SSSR count). The van der Waals surface area contributed by atoms with Crippen LogP contribution in [0.25, 0.3) is 20.9 Å². The Balaban J connectivity index is 1.77. The third-order valence-corrected chi connectivity index (χ3v) is 11.4. The van der Waals surface area contributed by atoms with Crippen molar-refractivity contribution >= 4 is 22.7 Å². The van der Waals surface area contributed by atoms with E-state index in [2.05, 4.69) is 88.5 Å². The summed E-state index contributed by atoms with van der Waals surface area (Å²) in [5, 5.41) is 0. The third kappa shape index (κ3) is 3.97. The van der Waals surface area contributed by atoms with Crippen molar-refractivity contribution in [2.75, 3.05) is 0 Å². The van der Waals surface area contributed by atoms with E-state index in [1.54, 1.807) is 43.1 Å². The number of benzene rings is 1. The lowest BCUT2D eigenvalue weighted by Crippen LogP contribution is -2.27. The van der Waals surface area contributed by atoms with Gasteiger partial charge in [-0.3, -0.25) is 0 Å². The maximum atomic E-state index is 2.73. The maximum Gasteiger partial charge on any atom is 0.0389 e. The summed E-state index contributed by atoms with van der Waals surface area (Å²) >= 11 is 4.12. The topological polar surface area (TPSA) is 0 Å². The largest absolute Gasteiger partial charge is 0.140 e. The minimum Gasteiger partial charge on any atom is -0.140 e. The van der Waals surface area contributed by atoms with Gasteiger partial charge in [-0.2, -0.15) is 0 Å². The molecule has 2 heteroatoms. The van der Waals surface area contributed by atoms with Crippen molar-refractivity contribution < 1.29 is 0 Å². The van der Waals surface area contributed by atoms with E-state index < -0.39 is 0 Å². The minimum absolute atomic E-state index is 0.209.